The number of aromatic nitrogens is 2. The van der Waals surface area contributed by atoms with Gasteiger partial charge in [0.05, 0.1) is 6.54 Å². The van der Waals surface area contributed by atoms with Crippen LogP contribution in [0.1, 0.15) is 25.8 Å². The van der Waals surface area contributed by atoms with Gasteiger partial charge in [0.25, 0.3) is 0 Å². The van der Waals surface area contributed by atoms with E-state index in [4.69, 9.17) is 0 Å². The molecule has 0 saturated carbocycles. The second-order valence-corrected chi connectivity index (χ2v) is 8.06. The zero-order valence-electron chi connectivity index (χ0n) is 11.0. The molecule has 0 spiro atoms. The molecule has 0 atom stereocenters. The first-order chi connectivity index (χ1) is 8.85. The van der Waals surface area contributed by atoms with Crippen molar-refractivity contribution in [2.75, 3.05) is 0 Å². The van der Waals surface area contributed by atoms with Crippen molar-refractivity contribution in [2.24, 2.45) is 0 Å². The predicted octanol–water partition coefficient (Wildman–Crippen LogP) is 4.62. The predicted molar refractivity (Wildman–Crippen MR) is 87.3 cm³/mol. The summed E-state index contributed by atoms with van der Waals surface area (Å²) in [5.74, 6) is 0. The minimum Gasteiger partial charge on any atom is -0.306 e. The minimum atomic E-state index is 0.0873. The summed E-state index contributed by atoms with van der Waals surface area (Å²) in [6.07, 6.45) is 0. The van der Waals surface area contributed by atoms with Crippen molar-refractivity contribution in [3.63, 3.8) is 0 Å². The van der Waals surface area contributed by atoms with Gasteiger partial charge in [-0.25, -0.2) is 0 Å². The molecule has 1 N–H and O–H groups in total. The summed E-state index contributed by atoms with van der Waals surface area (Å²) in [5.41, 5.74) is 1.16. The van der Waals surface area contributed by atoms with Crippen molar-refractivity contribution in [3.8, 4) is 10.6 Å². The number of rotatable bonds is 3. The number of benzene rings is 1. The normalized spacial score (nSPS) is 11.8. The molecule has 6 heteroatoms. The molecular weight excluding hydrogens is 390 g/mol. The molecule has 0 bridgehead atoms. The molecule has 19 heavy (non-hydrogen) atoms. The molecule has 1 aromatic heterocycles. The average molecular weight is 405 g/mol. The molecule has 2 aromatic rings. The van der Waals surface area contributed by atoms with Crippen LogP contribution in [0.15, 0.2) is 27.1 Å². The third kappa shape index (κ3) is 4.34. The average Bonchev–Trinajstić information content (AvgIpc) is 2.74. The number of nitrogens with zero attached hydrogens (tertiary/aromatic N) is 2. The van der Waals surface area contributed by atoms with Crippen molar-refractivity contribution in [3.05, 3.63) is 32.2 Å². The fraction of sp³-hybridized carbons (Fsp3) is 0.385. The lowest BCUT2D eigenvalue weighted by Gasteiger charge is -2.19. The summed E-state index contributed by atoms with van der Waals surface area (Å²) in [6, 6.07) is 6.06. The lowest BCUT2D eigenvalue weighted by molar-refractivity contribution is 0.423. The Bertz CT molecular complexity index is 576. The quantitative estimate of drug-likeness (QED) is 0.810. The van der Waals surface area contributed by atoms with Crippen molar-refractivity contribution in [2.45, 2.75) is 32.9 Å². The second kappa shape index (κ2) is 5.99. The summed E-state index contributed by atoms with van der Waals surface area (Å²) in [7, 11) is 0. The summed E-state index contributed by atoms with van der Waals surface area (Å²) >= 11 is 8.62. The fourth-order valence-electron chi connectivity index (χ4n) is 1.44. The zero-order chi connectivity index (χ0) is 14.0. The van der Waals surface area contributed by atoms with Crippen LogP contribution in [0.2, 0.25) is 0 Å². The van der Waals surface area contributed by atoms with Crippen LogP contribution in [-0.2, 0) is 6.54 Å². The van der Waals surface area contributed by atoms with Gasteiger partial charge in [-0.1, -0.05) is 43.2 Å². The highest BCUT2D eigenvalue weighted by Gasteiger charge is 2.13. The Morgan fingerprint density at radius 2 is 1.95 bits per heavy atom. The van der Waals surface area contributed by atoms with E-state index in [-0.39, 0.29) is 5.54 Å². The lowest BCUT2D eigenvalue weighted by Crippen LogP contribution is -2.35. The van der Waals surface area contributed by atoms with E-state index in [0.29, 0.717) is 0 Å². The standard InChI is InChI=1S/C13H15Br2N3S/c1-13(2,3)16-7-11-17-18-12(19-11)9-5-4-8(14)6-10(9)15/h4-6,16H,7H2,1-3H3. The van der Waals surface area contributed by atoms with Gasteiger partial charge in [-0.2, -0.15) is 0 Å². The van der Waals surface area contributed by atoms with Crippen LogP contribution < -0.4 is 5.32 Å². The number of hydrogen-bond acceptors (Lipinski definition) is 4. The Hall–Kier alpha value is -0.300. The third-order valence-corrected chi connectivity index (χ3v) is 4.50. The smallest absolute Gasteiger partial charge is 0.148 e. The molecule has 0 aliphatic rings. The highest BCUT2D eigenvalue weighted by Crippen LogP contribution is 2.32. The van der Waals surface area contributed by atoms with Crippen LogP contribution in [-0.4, -0.2) is 15.7 Å². The van der Waals surface area contributed by atoms with E-state index >= 15 is 0 Å². The highest BCUT2D eigenvalue weighted by atomic mass is 79.9. The molecule has 0 saturated heterocycles. The lowest BCUT2D eigenvalue weighted by atomic mass is 10.1. The minimum absolute atomic E-state index is 0.0873. The van der Waals surface area contributed by atoms with E-state index in [9.17, 15) is 0 Å². The third-order valence-electron chi connectivity index (χ3n) is 2.40. The van der Waals surface area contributed by atoms with Gasteiger partial charge in [-0.3, -0.25) is 0 Å². The maximum atomic E-state index is 4.26. The van der Waals surface area contributed by atoms with Crippen molar-refractivity contribution in [1.82, 2.24) is 15.5 Å². The molecule has 2 rings (SSSR count). The van der Waals surface area contributed by atoms with E-state index in [1.54, 1.807) is 11.3 Å². The summed E-state index contributed by atoms with van der Waals surface area (Å²) < 4.78 is 2.07. The Morgan fingerprint density at radius 3 is 2.58 bits per heavy atom. The van der Waals surface area contributed by atoms with E-state index in [0.717, 1.165) is 31.1 Å². The van der Waals surface area contributed by atoms with Gasteiger partial charge in [-0.05, 0) is 39.0 Å². The molecule has 0 aliphatic heterocycles. The summed E-state index contributed by atoms with van der Waals surface area (Å²) in [6.45, 7) is 7.16. The van der Waals surface area contributed by atoms with E-state index in [2.05, 4.69) is 68.1 Å². The summed E-state index contributed by atoms with van der Waals surface area (Å²) in [4.78, 5) is 0. The van der Waals surface area contributed by atoms with E-state index in [1.165, 1.54) is 0 Å². The SMILES string of the molecule is CC(C)(C)NCc1nnc(-c2ccc(Br)cc2Br)s1. The number of hydrogen-bond donors (Lipinski definition) is 1. The fourth-order valence-corrected chi connectivity index (χ4v) is 3.62. The van der Waals surface area contributed by atoms with Crippen LogP contribution in [0.3, 0.4) is 0 Å². The maximum absolute atomic E-state index is 4.26. The second-order valence-electron chi connectivity index (χ2n) is 5.23. The Kier molecular flexibility index (Phi) is 4.76. The van der Waals surface area contributed by atoms with Gasteiger partial charge in [0, 0.05) is 20.0 Å². The molecular formula is C13H15Br2N3S. The van der Waals surface area contributed by atoms with Crippen molar-refractivity contribution >= 4 is 43.2 Å². The zero-order valence-corrected chi connectivity index (χ0v) is 15.0. The van der Waals surface area contributed by atoms with Gasteiger partial charge >= 0.3 is 0 Å². The molecule has 0 unspecified atom stereocenters. The van der Waals surface area contributed by atoms with Gasteiger partial charge in [0.2, 0.25) is 0 Å². The Balaban J connectivity index is 2.16. The van der Waals surface area contributed by atoms with Gasteiger partial charge in [-0.15, -0.1) is 10.2 Å². The first kappa shape index (κ1) is 15.1. The largest absolute Gasteiger partial charge is 0.306 e. The monoisotopic (exact) mass is 403 g/mol. The molecule has 3 nitrogen and oxygen atoms in total. The van der Waals surface area contributed by atoms with Crippen molar-refractivity contribution in [1.29, 1.82) is 0 Å². The molecule has 102 valence electrons. The number of nitrogens with one attached hydrogen (secondary N) is 1. The first-order valence-electron chi connectivity index (χ1n) is 5.88. The molecule has 0 amide bonds. The van der Waals surface area contributed by atoms with Gasteiger partial charge < -0.3 is 5.32 Å². The van der Waals surface area contributed by atoms with Crippen LogP contribution in [0, 0.1) is 0 Å². The van der Waals surface area contributed by atoms with Crippen molar-refractivity contribution < 1.29 is 0 Å². The molecule has 1 heterocycles. The molecule has 0 radical (unpaired) electrons. The number of halogens is 2. The Labute approximate surface area is 134 Å². The topological polar surface area (TPSA) is 37.8 Å². The molecule has 1 aromatic carbocycles. The maximum Gasteiger partial charge on any atom is 0.148 e. The van der Waals surface area contributed by atoms with Crippen LogP contribution in [0.5, 0.6) is 0 Å². The van der Waals surface area contributed by atoms with E-state index < -0.39 is 0 Å². The van der Waals surface area contributed by atoms with Crippen LogP contribution in [0.25, 0.3) is 10.6 Å². The van der Waals surface area contributed by atoms with Gasteiger partial charge in [0.1, 0.15) is 10.0 Å². The van der Waals surface area contributed by atoms with Crippen LogP contribution >= 0.6 is 43.2 Å². The molecule has 0 aliphatic carbocycles. The van der Waals surface area contributed by atoms with Crippen LogP contribution in [0.4, 0.5) is 0 Å². The molecule has 0 fully saturated rings. The first-order valence-corrected chi connectivity index (χ1v) is 8.28. The Morgan fingerprint density at radius 1 is 1.21 bits per heavy atom. The summed E-state index contributed by atoms with van der Waals surface area (Å²) in [5, 5.41) is 13.8. The van der Waals surface area contributed by atoms with E-state index in [1.807, 2.05) is 18.2 Å². The highest BCUT2D eigenvalue weighted by molar-refractivity contribution is 9.11. The van der Waals surface area contributed by atoms with Gasteiger partial charge in [0.15, 0.2) is 0 Å².